The largest absolute Gasteiger partial charge is 0.383 e. The first-order chi connectivity index (χ1) is 8.31. The fraction of sp³-hybridized carbons (Fsp3) is 0.455. The highest BCUT2D eigenvalue weighted by Crippen LogP contribution is 2.07. The van der Waals surface area contributed by atoms with Gasteiger partial charge in [0.1, 0.15) is 6.54 Å². The Labute approximate surface area is 106 Å². The van der Waals surface area contributed by atoms with Gasteiger partial charge in [0.05, 0.1) is 17.0 Å². The second kappa shape index (κ2) is 5.92. The molecule has 7 heteroatoms. The number of hydrogen-bond donors (Lipinski definition) is 2. The number of nitrogens with zero attached hydrogens (tertiary/aromatic N) is 1. The lowest BCUT2D eigenvalue weighted by Crippen LogP contribution is -2.35. The van der Waals surface area contributed by atoms with Crippen molar-refractivity contribution in [1.82, 2.24) is 0 Å². The Morgan fingerprint density at radius 3 is 2.61 bits per heavy atom. The van der Waals surface area contributed by atoms with Crippen molar-refractivity contribution >= 4 is 21.6 Å². The monoisotopic (exact) mass is 273 g/mol. The molecule has 0 atom stereocenters. The summed E-state index contributed by atoms with van der Waals surface area (Å²) in [5.74, 6) is -0.352. The minimum absolute atomic E-state index is 0.0596. The fourth-order valence-electron chi connectivity index (χ4n) is 1.52. The molecule has 0 spiro atoms. The molecule has 0 aliphatic rings. The third-order valence-electron chi connectivity index (χ3n) is 2.43. The standard InChI is InChI=1S/C11H16N2O4S/c1-9(14)10-6-11(12-2)8-13(7-10)4-3-5-18(15,16)17/h6-8,12H,3-5H2,1-2H3/p+1. The zero-order valence-corrected chi connectivity index (χ0v) is 11.2. The van der Waals surface area contributed by atoms with Crippen LogP contribution in [0.1, 0.15) is 23.7 Å². The maximum Gasteiger partial charge on any atom is 0.265 e. The first-order valence-electron chi connectivity index (χ1n) is 5.50. The number of aromatic nitrogens is 1. The van der Waals surface area contributed by atoms with Gasteiger partial charge >= 0.3 is 0 Å². The van der Waals surface area contributed by atoms with Gasteiger partial charge in [-0.15, -0.1) is 0 Å². The maximum atomic E-state index is 11.3. The van der Waals surface area contributed by atoms with E-state index in [0.717, 1.165) is 5.69 Å². The Morgan fingerprint density at radius 1 is 1.44 bits per heavy atom. The van der Waals surface area contributed by atoms with Crippen LogP contribution in [0.3, 0.4) is 0 Å². The summed E-state index contributed by atoms with van der Waals surface area (Å²) in [7, 11) is -2.19. The van der Waals surface area contributed by atoms with Gasteiger partial charge in [0, 0.05) is 13.5 Å². The number of ketones is 1. The van der Waals surface area contributed by atoms with E-state index in [2.05, 4.69) is 5.32 Å². The van der Waals surface area contributed by atoms with Gasteiger partial charge in [-0.1, -0.05) is 0 Å². The number of pyridine rings is 1. The molecular weight excluding hydrogens is 256 g/mol. The van der Waals surface area contributed by atoms with Crippen LogP contribution in [0.2, 0.25) is 0 Å². The lowest BCUT2D eigenvalue weighted by molar-refractivity contribution is -0.696. The number of nitrogens with one attached hydrogen (secondary N) is 1. The third-order valence-corrected chi connectivity index (χ3v) is 3.24. The molecule has 0 unspecified atom stereocenters. The highest BCUT2D eigenvalue weighted by molar-refractivity contribution is 7.85. The van der Waals surface area contributed by atoms with Crippen molar-refractivity contribution in [2.75, 3.05) is 18.1 Å². The second-order valence-corrected chi connectivity index (χ2v) is 5.57. The van der Waals surface area contributed by atoms with E-state index in [1.807, 2.05) is 0 Å². The van der Waals surface area contributed by atoms with Crippen molar-refractivity contribution in [2.45, 2.75) is 19.9 Å². The minimum Gasteiger partial charge on any atom is -0.383 e. The van der Waals surface area contributed by atoms with Crippen molar-refractivity contribution in [2.24, 2.45) is 0 Å². The number of carbonyl (C=O) groups is 1. The van der Waals surface area contributed by atoms with Crippen LogP contribution in [-0.4, -0.2) is 31.6 Å². The highest BCUT2D eigenvalue weighted by atomic mass is 32.2. The van der Waals surface area contributed by atoms with E-state index in [-0.39, 0.29) is 18.0 Å². The van der Waals surface area contributed by atoms with E-state index in [9.17, 15) is 13.2 Å². The average molecular weight is 273 g/mol. The molecule has 0 aromatic carbocycles. The smallest absolute Gasteiger partial charge is 0.265 e. The van der Waals surface area contributed by atoms with Gasteiger partial charge < -0.3 is 5.32 Å². The molecule has 2 N–H and O–H groups in total. The fourth-order valence-corrected chi connectivity index (χ4v) is 2.02. The third kappa shape index (κ3) is 4.80. The predicted octanol–water partition coefficient (Wildman–Crippen LogP) is 0.496. The lowest BCUT2D eigenvalue weighted by Gasteiger charge is -2.03. The summed E-state index contributed by atoms with van der Waals surface area (Å²) in [6, 6.07) is 1.72. The molecule has 0 bridgehead atoms. The Kier molecular flexibility index (Phi) is 4.80. The molecule has 0 amide bonds. The zero-order chi connectivity index (χ0) is 13.8. The molecule has 0 radical (unpaired) electrons. The highest BCUT2D eigenvalue weighted by Gasteiger charge is 2.12. The SMILES string of the molecule is CNc1cc(C(C)=O)c[n+](CCCS(=O)(=O)O)c1. The van der Waals surface area contributed by atoms with Crippen molar-refractivity contribution < 1.29 is 22.3 Å². The molecule has 0 saturated heterocycles. The van der Waals surface area contributed by atoms with Crippen LogP contribution < -0.4 is 9.88 Å². The molecule has 6 nitrogen and oxygen atoms in total. The van der Waals surface area contributed by atoms with Crippen molar-refractivity contribution in [1.29, 1.82) is 0 Å². The van der Waals surface area contributed by atoms with E-state index >= 15 is 0 Å². The molecule has 1 aromatic rings. The van der Waals surface area contributed by atoms with Crippen molar-refractivity contribution in [3.05, 3.63) is 24.0 Å². The maximum absolute atomic E-state index is 11.3. The molecule has 0 aliphatic carbocycles. The molecule has 1 aromatic heterocycles. The van der Waals surface area contributed by atoms with Crippen LogP contribution in [0.5, 0.6) is 0 Å². The van der Waals surface area contributed by atoms with Gasteiger partial charge in [-0.3, -0.25) is 9.35 Å². The van der Waals surface area contributed by atoms with Gasteiger partial charge in [0.15, 0.2) is 18.2 Å². The number of aryl methyl sites for hydroxylation is 1. The zero-order valence-electron chi connectivity index (χ0n) is 10.4. The average Bonchev–Trinajstić information content (AvgIpc) is 2.26. The topological polar surface area (TPSA) is 87.4 Å². The molecule has 18 heavy (non-hydrogen) atoms. The molecule has 1 rings (SSSR count). The van der Waals surface area contributed by atoms with E-state index in [1.54, 1.807) is 30.1 Å². The molecular formula is C11H17N2O4S+. The summed E-state index contributed by atoms with van der Waals surface area (Å²) in [6.07, 6.45) is 3.72. The normalized spacial score (nSPS) is 11.3. The van der Waals surface area contributed by atoms with Crippen molar-refractivity contribution in [3.63, 3.8) is 0 Å². The predicted molar refractivity (Wildman–Crippen MR) is 67.2 cm³/mol. The Morgan fingerprint density at radius 2 is 2.11 bits per heavy atom. The van der Waals surface area contributed by atoms with Crippen LogP contribution in [0.4, 0.5) is 5.69 Å². The van der Waals surface area contributed by atoms with Crippen LogP contribution in [0.25, 0.3) is 0 Å². The number of anilines is 1. The van der Waals surface area contributed by atoms with E-state index in [0.29, 0.717) is 12.1 Å². The van der Waals surface area contributed by atoms with Gasteiger partial charge in [-0.2, -0.15) is 8.42 Å². The van der Waals surface area contributed by atoms with Crippen LogP contribution in [0.15, 0.2) is 18.5 Å². The van der Waals surface area contributed by atoms with E-state index in [4.69, 9.17) is 4.55 Å². The number of carbonyl (C=O) groups excluding carboxylic acids is 1. The Balaban J connectivity index is 2.82. The van der Waals surface area contributed by atoms with Gasteiger partial charge in [-0.25, -0.2) is 4.57 Å². The van der Waals surface area contributed by atoms with Gasteiger partial charge in [0.25, 0.3) is 10.1 Å². The van der Waals surface area contributed by atoms with Crippen LogP contribution in [-0.2, 0) is 16.7 Å². The lowest BCUT2D eigenvalue weighted by atomic mass is 10.2. The van der Waals surface area contributed by atoms with Crippen LogP contribution in [0, 0.1) is 0 Å². The first-order valence-corrected chi connectivity index (χ1v) is 7.11. The quantitative estimate of drug-likeness (QED) is 0.447. The minimum atomic E-state index is -3.93. The molecule has 0 saturated carbocycles. The Bertz CT molecular complexity index is 540. The van der Waals surface area contributed by atoms with E-state index in [1.165, 1.54) is 6.92 Å². The van der Waals surface area contributed by atoms with Gasteiger partial charge in [0.2, 0.25) is 0 Å². The summed E-state index contributed by atoms with van der Waals surface area (Å²) in [5.41, 5.74) is 1.32. The Hall–Kier alpha value is -1.47. The summed E-state index contributed by atoms with van der Waals surface area (Å²) < 4.78 is 31.6. The molecule has 1 heterocycles. The number of rotatable bonds is 6. The van der Waals surface area contributed by atoms with Crippen LogP contribution >= 0.6 is 0 Å². The second-order valence-electron chi connectivity index (χ2n) is 4.00. The number of hydrogen-bond acceptors (Lipinski definition) is 4. The summed E-state index contributed by atoms with van der Waals surface area (Å²) in [4.78, 5) is 11.3. The molecule has 0 fully saturated rings. The summed E-state index contributed by atoms with van der Waals surface area (Å²) >= 11 is 0. The molecule has 0 aliphatic heterocycles. The summed E-state index contributed by atoms with van der Waals surface area (Å²) in [6.45, 7) is 1.88. The van der Waals surface area contributed by atoms with E-state index < -0.39 is 10.1 Å². The first kappa shape index (κ1) is 14.6. The molecule has 100 valence electrons. The van der Waals surface area contributed by atoms with Crippen molar-refractivity contribution in [3.8, 4) is 0 Å². The number of Topliss-reactive ketones (excluding diaryl/α,β-unsaturated/α-hetero) is 1. The summed E-state index contributed by atoms with van der Waals surface area (Å²) in [5, 5.41) is 2.93. The van der Waals surface area contributed by atoms with Gasteiger partial charge in [-0.05, 0) is 13.0 Å².